The topological polar surface area (TPSA) is 3.88 Å². The van der Waals surface area contributed by atoms with Gasteiger partial charge in [0.15, 0.2) is 6.20 Å². The van der Waals surface area contributed by atoms with E-state index in [1.54, 1.807) is 0 Å². The Morgan fingerprint density at radius 3 is 3.18 bits per heavy atom. The summed E-state index contributed by atoms with van der Waals surface area (Å²) in [7, 11) is 2.02. The maximum atomic E-state index is 3.12. The number of fused-ring (bicyclic) bond motifs is 1. The number of hydrogen-bond acceptors (Lipinski definition) is 0. The second kappa shape index (κ2) is 2.35. The van der Waals surface area contributed by atoms with Crippen LogP contribution in [0.3, 0.4) is 0 Å². The summed E-state index contributed by atoms with van der Waals surface area (Å²) in [5, 5.41) is 1.13. The Kier molecular flexibility index (Phi) is 1.35. The summed E-state index contributed by atoms with van der Waals surface area (Å²) in [5.74, 6) is 0. The normalized spacial score (nSPS) is 10.3. The number of pyridine rings is 1. The third kappa shape index (κ3) is 0.984. The van der Waals surface area contributed by atoms with Gasteiger partial charge in [-0.25, -0.2) is 4.57 Å². The molecular weight excluding hydrogens is 134 g/mol. The maximum Gasteiger partial charge on any atom is 0.213 e. The van der Waals surface area contributed by atoms with Gasteiger partial charge in [-0.05, 0) is 24.3 Å². The molecule has 0 fully saturated rings. The van der Waals surface area contributed by atoms with Gasteiger partial charge in [-0.3, -0.25) is 0 Å². The zero-order valence-electron chi connectivity index (χ0n) is 6.33. The fourth-order valence-electron chi connectivity index (χ4n) is 1.17. The summed E-state index contributed by atoms with van der Waals surface area (Å²) in [4.78, 5) is 0. The van der Waals surface area contributed by atoms with Crippen LogP contribution in [0.1, 0.15) is 0 Å². The van der Waals surface area contributed by atoms with Gasteiger partial charge in [-0.2, -0.15) is 0 Å². The summed E-state index contributed by atoms with van der Waals surface area (Å²) in [6.07, 6.45) is 2.02. The Balaban J connectivity index is 2.91. The number of benzene rings is 1. The van der Waals surface area contributed by atoms with Gasteiger partial charge in [0.05, 0.1) is 5.39 Å². The Bertz CT molecular complexity index is 374. The van der Waals surface area contributed by atoms with Crippen molar-refractivity contribution in [3.63, 3.8) is 0 Å². The lowest BCUT2D eigenvalue weighted by Gasteiger charge is -1.92. The number of hydrogen-bond donors (Lipinski definition) is 0. The average molecular weight is 142 g/mol. The van der Waals surface area contributed by atoms with E-state index < -0.39 is 0 Å². The molecule has 2 radical (unpaired) electrons. The van der Waals surface area contributed by atoms with Crippen LogP contribution in [0.15, 0.2) is 30.5 Å². The van der Waals surface area contributed by atoms with Crippen LogP contribution in [0.2, 0.25) is 0 Å². The molecule has 0 bridgehead atoms. The molecule has 1 heteroatoms. The van der Waals surface area contributed by atoms with E-state index in [2.05, 4.69) is 16.7 Å². The van der Waals surface area contributed by atoms with Gasteiger partial charge in [0.25, 0.3) is 0 Å². The van der Waals surface area contributed by atoms with Crippen molar-refractivity contribution in [2.24, 2.45) is 7.05 Å². The molecule has 1 nitrogen and oxygen atoms in total. The zero-order valence-corrected chi connectivity index (χ0v) is 6.33. The Morgan fingerprint density at radius 1 is 1.45 bits per heavy atom. The highest BCUT2D eigenvalue weighted by molar-refractivity contribution is 5.73. The minimum absolute atomic E-state index is 1.13. The molecule has 2 rings (SSSR count). The van der Waals surface area contributed by atoms with Crippen molar-refractivity contribution in [3.8, 4) is 0 Å². The first-order valence-corrected chi connectivity index (χ1v) is 3.54. The lowest BCUT2D eigenvalue weighted by Crippen LogP contribution is -2.27. The average Bonchev–Trinajstić information content (AvgIpc) is 2.06. The molecule has 0 saturated heterocycles. The lowest BCUT2D eigenvalue weighted by atomic mass is 10.2. The largest absolute Gasteiger partial charge is 0.213 e. The van der Waals surface area contributed by atoms with Crippen LogP contribution in [0, 0.1) is 12.1 Å². The second-order valence-electron chi connectivity index (χ2n) is 2.52. The monoisotopic (exact) mass is 142 g/mol. The Labute approximate surface area is 65.9 Å². The lowest BCUT2D eigenvalue weighted by molar-refractivity contribution is -0.644. The molecule has 1 aromatic carbocycles. The number of nitrogens with zero attached hydrogens (tertiary/aromatic N) is 1. The van der Waals surface area contributed by atoms with Gasteiger partial charge in [0, 0.05) is 12.1 Å². The molecular formula is C10H8N+. The fraction of sp³-hybridized carbons (Fsp3) is 0.100. The number of rotatable bonds is 0. The van der Waals surface area contributed by atoms with Crippen molar-refractivity contribution in [1.82, 2.24) is 0 Å². The van der Waals surface area contributed by atoms with Gasteiger partial charge < -0.3 is 0 Å². The standard InChI is InChI=1S/C10H8N/c1-11-8-4-6-9-5-2-3-7-10(9)11/h2,4,6-8H,1H3/q+1. The van der Waals surface area contributed by atoms with Crippen LogP contribution >= 0.6 is 0 Å². The first kappa shape index (κ1) is 6.35. The van der Waals surface area contributed by atoms with Crippen LogP contribution < -0.4 is 4.57 Å². The fourth-order valence-corrected chi connectivity index (χ4v) is 1.17. The predicted molar refractivity (Wildman–Crippen MR) is 42.8 cm³/mol. The van der Waals surface area contributed by atoms with E-state index in [0.29, 0.717) is 0 Å². The van der Waals surface area contributed by atoms with Gasteiger partial charge in [-0.1, -0.05) is 0 Å². The molecule has 0 aliphatic rings. The predicted octanol–water partition coefficient (Wildman–Crippen LogP) is 1.26. The molecule has 0 saturated carbocycles. The van der Waals surface area contributed by atoms with Gasteiger partial charge in [0.1, 0.15) is 7.05 Å². The van der Waals surface area contributed by atoms with Gasteiger partial charge in [0.2, 0.25) is 5.52 Å². The molecule has 0 atom stereocenters. The van der Waals surface area contributed by atoms with Crippen LogP contribution in [-0.4, -0.2) is 0 Å². The SMILES string of the molecule is C[n+]1cccc2[c]c[c]cc21. The minimum Gasteiger partial charge on any atom is -0.201 e. The third-order valence-electron chi connectivity index (χ3n) is 1.76. The van der Waals surface area contributed by atoms with E-state index in [9.17, 15) is 0 Å². The zero-order chi connectivity index (χ0) is 7.68. The van der Waals surface area contributed by atoms with Crippen molar-refractivity contribution in [2.45, 2.75) is 0 Å². The van der Waals surface area contributed by atoms with E-state index in [1.807, 2.05) is 37.5 Å². The summed E-state index contributed by atoms with van der Waals surface area (Å²) in [5.41, 5.74) is 1.16. The van der Waals surface area contributed by atoms with Crippen LogP contribution in [0.25, 0.3) is 10.9 Å². The highest BCUT2D eigenvalue weighted by atomic mass is 14.9. The van der Waals surface area contributed by atoms with Crippen LogP contribution in [0.4, 0.5) is 0 Å². The van der Waals surface area contributed by atoms with E-state index in [4.69, 9.17) is 0 Å². The van der Waals surface area contributed by atoms with Crippen molar-refractivity contribution in [3.05, 3.63) is 42.6 Å². The quantitative estimate of drug-likeness (QED) is 0.488. The first-order chi connectivity index (χ1) is 5.38. The minimum atomic E-state index is 1.13. The molecule has 1 aromatic heterocycles. The van der Waals surface area contributed by atoms with Crippen molar-refractivity contribution in [1.29, 1.82) is 0 Å². The maximum absolute atomic E-state index is 3.12. The highest BCUT2D eigenvalue weighted by Gasteiger charge is 1.99. The molecule has 0 aliphatic carbocycles. The molecule has 2 aromatic rings. The Hall–Kier alpha value is -1.37. The number of aromatic nitrogens is 1. The molecule has 11 heavy (non-hydrogen) atoms. The van der Waals surface area contributed by atoms with Gasteiger partial charge in [-0.15, -0.1) is 0 Å². The molecule has 0 spiro atoms. The molecule has 52 valence electrons. The number of aryl methyl sites for hydroxylation is 1. The van der Waals surface area contributed by atoms with E-state index in [-0.39, 0.29) is 0 Å². The van der Waals surface area contributed by atoms with E-state index in [0.717, 1.165) is 10.9 Å². The third-order valence-corrected chi connectivity index (χ3v) is 1.76. The second-order valence-corrected chi connectivity index (χ2v) is 2.52. The first-order valence-electron chi connectivity index (χ1n) is 3.54. The summed E-state index contributed by atoms with van der Waals surface area (Å²) < 4.78 is 2.06. The summed E-state index contributed by atoms with van der Waals surface area (Å²) in [6.45, 7) is 0. The molecule has 0 amide bonds. The summed E-state index contributed by atoms with van der Waals surface area (Å²) in [6, 6.07) is 13.9. The van der Waals surface area contributed by atoms with E-state index in [1.165, 1.54) is 0 Å². The molecule has 0 aliphatic heterocycles. The molecule has 0 unspecified atom stereocenters. The smallest absolute Gasteiger partial charge is 0.201 e. The Morgan fingerprint density at radius 2 is 2.36 bits per heavy atom. The molecule has 0 N–H and O–H groups in total. The van der Waals surface area contributed by atoms with Crippen molar-refractivity contribution in [2.75, 3.05) is 0 Å². The highest BCUT2D eigenvalue weighted by Crippen LogP contribution is 2.05. The van der Waals surface area contributed by atoms with Crippen LogP contribution in [0.5, 0.6) is 0 Å². The van der Waals surface area contributed by atoms with Crippen molar-refractivity contribution < 1.29 is 4.57 Å². The van der Waals surface area contributed by atoms with Crippen LogP contribution in [-0.2, 0) is 7.05 Å². The van der Waals surface area contributed by atoms with E-state index >= 15 is 0 Å². The molecule has 1 heterocycles. The summed E-state index contributed by atoms with van der Waals surface area (Å²) >= 11 is 0. The van der Waals surface area contributed by atoms with Gasteiger partial charge >= 0.3 is 0 Å². The van der Waals surface area contributed by atoms with Crippen molar-refractivity contribution >= 4 is 10.9 Å².